The van der Waals surface area contributed by atoms with Crippen LogP contribution in [0.15, 0.2) is 5.28 Å². The summed E-state index contributed by atoms with van der Waals surface area (Å²) in [6.45, 7) is 0.310. The molecule has 0 radical (unpaired) electrons. The average Bonchev–Trinajstić information content (AvgIpc) is 2.50. The van der Waals surface area contributed by atoms with E-state index in [2.05, 4.69) is 5.28 Å². The van der Waals surface area contributed by atoms with Crippen molar-refractivity contribution in [1.82, 2.24) is 5.01 Å². The predicted octanol–water partition coefficient (Wildman–Crippen LogP) is -1.49. The Bertz CT molecular complexity index is 225. The molecule has 0 unspecified atom stereocenters. The second kappa shape index (κ2) is 7.72. The van der Waals surface area contributed by atoms with Gasteiger partial charge in [0, 0.05) is 0 Å². The third kappa shape index (κ3) is 3.92. The van der Waals surface area contributed by atoms with Gasteiger partial charge in [0.05, 0.1) is 11.5 Å². The molecular weight excluding hydrogens is 212 g/mol. The number of hydrazine groups is 1. The van der Waals surface area contributed by atoms with Crippen molar-refractivity contribution in [3.8, 4) is 0 Å². The van der Waals surface area contributed by atoms with Gasteiger partial charge in [-0.1, -0.05) is 0 Å². The number of carboxylic acid groups (broad SMARTS) is 1. The van der Waals surface area contributed by atoms with E-state index in [-0.39, 0.29) is 64.1 Å². The van der Waals surface area contributed by atoms with Crippen LogP contribution >= 0.6 is 0 Å². The van der Waals surface area contributed by atoms with Crippen LogP contribution in [-0.2, 0) is 4.79 Å². The summed E-state index contributed by atoms with van der Waals surface area (Å²) >= 11 is 0. The molecule has 0 aromatic carbocycles. The van der Waals surface area contributed by atoms with Crippen molar-refractivity contribution in [3.05, 3.63) is 5.21 Å². The quantitative estimate of drug-likeness (QED) is 0.257. The molecule has 1 saturated heterocycles. The van der Waals surface area contributed by atoms with Crippen molar-refractivity contribution >= 4 is 65.1 Å². The van der Waals surface area contributed by atoms with Crippen molar-refractivity contribution in [2.45, 2.75) is 18.9 Å². The van der Waals surface area contributed by atoms with Gasteiger partial charge >= 0.3 is 65.1 Å². The van der Waals surface area contributed by atoms with E-state index in [9.17, 15) is 10.0 Å². The predicted molar refractivity (Wildman–Crippen MR) is 49.5 cm³/mol. The number of carbonyl (C=O) groups is 1. The molecule has 0 aliphatic carbocycles. The zero-order valence-corrected chi connectivity index (χ0v) is 6.25. The van der Waals surface area contributed by atoms with Gasteiger partial charge in [-0.25, -0.2) is 4.79 Å². The summed E-state index contributed by atoms with van der Waals surface area (Å²) in [4.78, 5) is 10.4. The molecule has 1 heterocycles. The Labute approximate surface area is 125 Å². The third-order valence-electron chi connectivity index (χ3n) is 1.81. The molecule has 1 fully saturated rings. The molecule has 14 heavy (non-hydrogen) atoms. The van der Waals surface area contributed by atoms with Crippen molar-refractivity contribution in [1.29, 1.82) is 0 Å². The SMILES string of the molecule is O=C(O)[C@@H]1CCCN1[N+]([O-])=NO.[NaH].[NaH]. The van der Waals surface area contributed by atoms with E-state index >= 15 is 0 Å². The molecule has 7 nitrogen and oxygen atoms in total. The minimum absolute atomic E-state index is 0. The number of aliphatic carboxylic acids is 1. The van der Waals surface area contributed by atoms with Crippen molar-refractivity contribution in [2.24, 2.45) is 5.28 Å². The molecule has 0 aromatic rings. The van der Waals surface area contributed by atoms with Gasteiger partial charge in [0.25, 0.3) is 0 Å². The Morgan fingerprint density at radius 3 is 2.57 bits per heavy atom. The zero-order valence-electron chi connectivity index (χ0n) is 6.25. The van der Waals surface area contributed by atoms with E-state index in [1.807, 2.05) is 0 Å². The van der Waals surface area contributed by atoms with Crippen molar-refractivity contribution in [2.75, 3.05) is 6.54 Å². The molecule has 0 amide bonds. The Morgan fingerprint density at radius 2 is 2.14 bits per heavy atom. The fourth-order valence-electron chi connectivity index (χ4n) is 1.26. The summed E-state index contributed by atoms with van der Waals surface area (Å²) in [7, 11) is 0. The van der Waals surface area contributed by atoms with Gasteiger partial charge in [0.15, 0.2) is 6.04 Å². The van der Waals surface area contributed by atoms with Crippen LogP contribution in [0.5, 0.6) is 0 Å². The summed E-state index contributed by atoms with van der Waals surface area (Å²) in [5, 5.41) is 30.7. The molecule has 0 bridgehead atoms. The van der Waals surface area contributed by atoms with Crippen LogP contribution in [0, 0.1) is 5.21 Å². The summed E-state index contributed by atoms with van der Waals surface area (Å²) in [6.07, 6.45) is 1.02. The van der Waals surface area contributed by atoms with E-state index in [4.69, 9.17) is 10.3 Å². The average molecular weight is 223 g/mol. The van der Waals surface area contributed by atoms with Gasteiger partial charge in [-0.05, 0) is 12.8 Å². The standard InChI is InChI=1S/C5H9N3O4.2Na.2H/c9-5(10)4-2-1-3-7(4)8(12)6-11;;;;/h4,11H,1-3H2,(H,9,10);;;;/t4-;;;;/m0..../s1. The maximum absolute atomic E-state index is 10.7. The van der Waals surface area contributed by atoms with E-state index in [0.717, 1.165) is 5.01 Å². The summed E-state index contributed by atoms with van der Waals surface area (Å²) < 4.78 is 0. The summed E-state index contributed by atoms with van der Waals surface area (Å²) in [5.41, 5.74) is 0. The van der Waals surface area contributed by atoms with Crippen LogP contribution in [0.2, 0.25) is 0 Å². The summed E-state index contributed by atoms with van der Waals surface area (Å²) in [5.74, 6) is -1.07. The molecule has 0 spiro atoms. The fourth-order valence-corrected chi connectivity index (χ4v) is 1.26. The Hall–Kier alpha value is 0.470. The monoisotopic (exact) mass is 223 g/mol. The number of nitrogens with zero attached hydrogens (tertiary/aromatic N) is 3. The van der Waals surface area contributed by atoms with Gasteiger partial charge in [-0.15, -0.1) is 5.01 Å². The molecule has 72 valence electrons. The molecular formula is C5H11N3Na2O4. The number of carboxylic acids is 1. The maximum atomic E-state index is 10.7. The van der Waals surface area contributed by atoms with Crippen LogP contribution in [-0.4, -0.2) is 98.0 Å². The van der Waals surface area contributed by atoms with Gasteiger partial charge < -0.3 is 15.5 Å². The van der Waals surface area contributed by atoms with Gasteiger partial charge in [0.2, 0.25) is 5.28 Å². The van der Waals surface area contributed by atoms with Crippen molar-refractivity contribution < 1.29 is 20.1 Å². The van der Waals surface area contributed by atoms with E-state index in [1.165, 1.54) is 0 Å². The first-order chi connectivity index (χ1) is 5.66. The van der Waals surface area contributed by atoms with Crippen LogP contribution in [0.3, 0.4) is 0 Å². The van der Waals surface area contributed by atoms with Crippen molar-refractivity contribution in [3.63, 3.8) is 0 Å². The molecule has 1 aliphatic rings. The second-order valence-corrected chi connectivity index (χ2v) is 2.50. The van der Waals surface area contributed by atoms with Crippen LogP contribution in [0.25, 0.3) is 0 Å². The van der Waals surface area contributed by atoms with Gasteiger partial charge in [-0.3, -0.25) is 0 Å². The second-order valence-electron chi connectivity index (χ2n) is 2.50. The molecule has 1 aliphatic heterocycles. The first-order valence-corrected chi connectivity index (χ1v) is 3.48. The minimum atomic E-state index is -1.07. The summed E-state index contributed by atoms with van der Waals surface area (Å²) in [6, 6.07) is -0.863. The molecule has 0 aromatic heterocycles. The normalized spacial score (nSPS) is 21.0. The topological polar surface area (TPSA) is 99.2 Å². The molecule has 0 saturated carbocycles. The number of rotatable bonds is 2. The molecule has 1 rings (SSSR count). The first-order valence-electron chi connectivity index (χ1n) is 3.48. The van der Waals surface area contributed by atoms with Gasteiger partial charge in [0.1, 0.15) is 0 Å². The van der Waals surface area contributed by atoms with E-state index < -0.39 is 12.0 Å². The van der Waals surface area contributed by atoms with E-state index in [1.54, 1.807) is 0 Å². The van der Waals surface area contributed by atoms with Crippen LogP contribution in [0.1, 0.15) is 12.8 Å². The number of hydrogen-bond acceptors (Lipinski definition) is 3. The van der Waals surface area contributed by atoms with Crippen LogP contribution < -0.4 is 0 Å². The Kier molecular flexibility index (Phi) is 9.31. The zero-order chi connectivity index (χ0) is 9.14. The molecule has 1 atom stereocenters. The van der Waals surface area contributed by atoms with E-state index in [0.29, 0.717) is 19.4 Å². The molecule has 9 heteroatoms. The van der Waals surface area contributed by atoms with Gasteiger partial charge in [-0.2, -0.15) is 0 Å². The first kappa shape index (κ1) is 16.9. The number of hydrogen-bond donors (Lipinski definition) is 2. The Balaban J connectivity index is 0. The molecule has 2 N–H and O–H groups in total. The third-order valence-corrected chi connectivity index (χ3v) is 1.81. The Morgan fingerprint density at radius 1 is 1.57 bits per heavy atom. The fraction of sp³-hybridized carbons (Fsp3) is 0.800. The van der Waals surface area contributed by atoms with Crippen LogP contribution in [0.4, 0.5) is 0 Å².